The molecule has 2 atom stereocenters. The first-order chi connectivity index (χ1) is 5.00. The fourth-order valence-electron chi connectivity index (χ4n) is 0.416. The van der Waals surface area contributed by atoms with E-state index in [9.17, 15) is 13.6 Å². The zero-order chi connectivity index (χ0) is 9.02. The zero-order valence-corrected chi connectivity index (χ0v) is 5.83. The van der Waals surface area contributed by atoms with Crippen LogP contribution in [0, 0.1) is 0 Å². The van der Waals surface area contributed by atoms with E-state index in [1.807, 2.05) is 0 Å². The van der Waals surface area contributed by atoms with Gasteiger partial charge in [-0.05, 0) is 0 Å². The van der Waals surface area contributed by atoms with Crippen molar-refractivity contribution in [2.24, 2.45) is 5.73 Å². The summed E-state index contributed by atoms with van der Waals surface area (Å²) in [5.41, 5.74) is 4.74. The first-order valence-electron chi connectivity index (χ1n) is 2.80. The molecule has 6 heteroatoms. The van der Waals surface area contributed by atoms with Crippen molar-refractivity contribution in [1.82, 2.24) is 0 Å². The molecule has 0 unspecified atom stereocenters. The van der Waals surface area contributed by atoms with E-state index < -0.39 is 24.5 Å². The van der Waals surface area contributed by atoms with Gasteiger partial charge in [0.2, 0.25) is 0 Å². The largest absolute Gasteiger partial charge is 0.467 e. The molecular formula is C5H9F2NO3. The maximum atomic E-state index is 11.7. The molecule has 11 heavy (non-hydrogen) atoms. The summed E-state index contributed by atoms with van der Waals surface area (Å²) in [7, 11) is 0.976. The van der Waals surface area contributed by atoms with Crippen LogP contribution in [0.3, 0.4) is 0 Å². The molecule has 0 aliphatic carbocycles. The number of nitrogens with two attached hydrogens (primary N) is 1. The van der Waals surface area contributed by atoms with E-state index in [1.165, 1.54) is 0 Å². The summed E-state index contributed by atoms with van der Waals surface area (Å²) in [5.74, 6) is -1.15. The third-order valence-corrected chi connectivity index (χ3v) is 1.10. The van der Waals surface area contributed by atoms with Gasteiger partial charge in [-0.15, -0.1) is 0 Å². The highest BCUT2D eigenvalue weighted by Gasteiger charge is 2.30. The van der Waals surface area contributed by atoms with Gasteiger partial charge in [-0.25, -0.2) is 13.6 Å². The maximum Gasteiger partial charge on any atom is 0.336 e. The molecule has 0 bridgehead atoms. The Bertz CT molecular complexity index is 142. The number of carbonyl (C=O) groups is 1. The van der Waals surface area contributed by atoms with Gasteiger partial charge in [0.15, 0.2) is 6.10 Å². The molecule has 0 aliphatic heterocycles. The molecule has 0 saturated carbocycles. The molecule has 0 saturated heterocycles. The monoisotopic (exact) mass is 169 g/mol. The van der Waals surface area contributed by atoms with Crippen molar-refractivity contribution in [3.8, 4) is 0 Å². The Morgan fingerprint density at radius 3 is 2.36 bits per heavy atom. The SMILES string of the molecule is COC(=O)[C@H](O)[C@@H](N)C(F)F. The lowest BCUT2D eigenvalue weighted by Gasteiger charge is -2.14. The van der Waals surface area contributed by atoms with Crippen LogP contribution in [0.5, 0.6) is 0 Å². The zero-order valence-electron chi connectivity index (χ0n) is 5.83. The Balaban J connectivity index is 4.01. The summed E-state index contributed by atoms with van der Waals surface area (Å²) < 4.78 is 27.3. The third-order valence-electron chi connectivity index (χ3n) is 1.10. The molecule has 4 nitrogen and oxygen atoms in total. The Kier molecular flexibility index (Phi) is 3.91. The van der Waals surface area contributed by atoms with Gasteiger partial charge in [0.05, 0.1) is 7.11 Å². The molecule has 0 aliphatic rings. The van der Waals surface area contributed by atoms with Gasteiger partial charge in [-0.1, -0.05) is 0 Å². The topological polar surface area (TPSA) is 72.5 Å². The van der Waals surface area contributed by atoms with Crippen molar-refractivity contribution >= 4 is 5.97 Å². The van der Waals surface area contributed by atoms with Crippen LogP contribution in [0.4, 0.5) is 8.78 Å². The first-order valence-corrected chi connectivity index (χ1v) is 2.80. The van der Waals surface area contributed by atoms with Crippen molar-refractivity contribution in [3.05, 3.63) is 0 Å². The third kappa shape index (κ3) is 2.77. The molecule has 66 valence electrons. The highest BCUT2D eigenvalue weighted by molar-refractivity contribution is 5.75. The number of alkyl halides is 2. The molecule has 0 aromatic carbocycles. The van der Waals surface area contributed by atoms with Gasteiger partial charge in [0, 0.05) is 0 Å². The van der Waals surface area contributed by atoms with Gasteiger partial charge in [0.25, 0.3) is 6.43 Å². The van der Waals surface area contributed by atoms with Crippen molar-refractivity contribution in [2.75, 3.05) is 7.11 Å². The quantitative estimate of drug-likeness (QED) is 0.538. The van der Waals surface area contributed by atoms with Crippen LogP contribution >= 0.6 is 0 Å². The van der Waals surface area contributed by atoms with Crippen LogP contribution in [-0.2, 0) is 9.53 Å². The number of carbonyl (C=O) groups excluding carboxylic acids is 1. The number of ether oxygens (including phenoxy) is 1. The van der Waals surface area contributed by atoms with Crippen LogP contribution < -0.4 is 5.73 Å². The Morgan fingerprint density at radius 1 is 1.64 bits per heavy atom. The molecule has 0 spiro atoms. The van der Waals surface area contributed by atoms with Gasteiger partial charge in [0.1, 0.15) is 6.04 Å². The molecule has 0 rings (SSSR count). The molecule has 0 radical (unpaired) electrons. The van der Waals surface area contributed by atoms with E-state index >= 15 is 0 Å². The van der Waals surface area contributed by atoms with Crippen molar-refractivity contribution in [2.45, 2.75) is 18.6 Å². The fourth-order valence-corrected chi connectivity index (χ4v) is 0.416. The van der Waals surface area contributed by atoms with Crippen LogP contribution in [0.15, 0.2) is 0 Å². The lowest BCUT2D eigenvalue weighted by Crippen LogP contribution is -2.45. The van der Waals surface area contributed by atoms with Gasteiger partial charge < -0.3 is 15.6 Å². The number of aliphatic hydroxyl groups is 1. The molecule has 0 aromatic heterocycles. The molecule has 0 heterocycles. The summed E-state index contributed by atoms with van der Waals surface area (Å²) in [6.45, 7) is 0. The fraction of sp³-hybridized carbons (Fsp3) is 0.800. The standard InChI is InChI=1S/C5H9F2NO3/c1-11-5(10)3(9)2(8)4(6)7/h2-4,9H,8H2,1H3/t2-,3-/m1/s1. The molecular weight excluding hydrogens is 160 g/mol. The summed E-state index contributed by atoms with van der Waals surface area (Å²) >= 11 is 0. The normalized spacial score (nSPS) is 16.2. The Morgan fingerprint density at radius 2 is 2.09 bits per heavy atom. The van der Waals surface area contributed by atoms with Gasteiger partial charge in [-0.3, -0.25) is 0 Å². The number of hydrogen-bond acceptors (Lipinski definition) is 4. The number of methoxy groups -OCH3 is 1. The number of rotatable bonds is 3. The van der Waals surface area contributed by atoms with E-state index in [1.54, 1.807) is 0 Å². The summed E-state index contributed by atoms with van der Waals surface area (Å²) in [5, 5.41) is 8.68. The number of hydrogen-bond donors (Lipinski definition) is 2. The smallest absolute Gasteiger partial charge is 0.336 e. The summed E-state index contributed by atoms with van der Waals surface area (Å²) in [6, 6.07) is -1.89. The number of halogens is 2. The van der Waals surface area contributed by atoms with Crippen LogP contribution in [0.25, 0.3) is 0 Å². The van der Waals surface area contributed by atoms with E-state index in [4.69, 9.17) is 10.8 Å². The van der Waals surface area contributed by atoms with Crippen LogP contribution in [0.1, 0.15) is 0 Å². The molecule has 0 fully saturated rings. The average Bonchev–Trinajstić information content (AvgIpc) is 2.00. The maximum absolute atomic E-state index is 11.7. The second-order valence-electron chi connectivity index (χ2n) is 1.88. The predicted molar refractivity (Wildman–Crippen MR) is 32.0 cm³/mol. The number of aliphatic hydroxyl groups excluding tert-OH is 1. The summed E-state index contributed by atoms with van der Waals surface area (Å²) in [6.07, 6.45) is -4.90. The van der Waals surface area contributed by atoms with Crippen LogP contribution in [-0.4, -0.2) is 36.8 Å². The molecule has 0 aromatic rings. The average molecular weight is 169 g/mol. The number of esters is 1. The van der Waals surface area contributed by atoms with E-state index in [2.05, 4.69) is 4.74 Å². The van der Waals surface area contributed by atoms with Crippen molar-refractivity contribution in [3.63, 3.8) is 0 Å². The Labute approximate surface area is 61.9 Å². The van der Waals surface area contributed by atoms with E-state index in [0.29, 0.717) is 0 Å². The summed E-state index contributed by atoms with van der Waals surface area (Å²) in [4.78, 5) is 10.4. The second kappa shape index (κ2) is 4.20. The van der Waals surface area contributed by atoms with Gasteiger partial charge in [-0.2, -0.15) is 0 Å². The highest BCUT2D eigenvalue weighted by atomic mass is 19.3. The Hall–Kier alpha value is -0.750. The second-order valence-corrected chi connectivity index (χ2v) is 1.88. The van der Waals surface area contributed by atoms with Crippen LogP contribution in [0.2, 0.25) is 0 Å². The van der Waals surface area contributed by atoms with E-state index in [-0.39, 0.29) is 0 Å². The predicted octanol–water partition coefficient (Wildman–Crippen LogP) is -0.887. The van der Waals surface area contributed by atoms with Crippen molar-refractivity contribution in [1.29, 1.82) is 0 Å². The minimum absolute atomic E-state index is 0.976. The minimum Gasteiger partial charge on any atom is -0.467 e. The minimum atomic E-state index is -2.94. The molecule has 3 N–H and O–H groups in total. The highest BCUT2D eigenvalue weighted by Crippen LogP contribution is 2.03. The van der Waals surface area contributed by atoms with E-state index in [0.717, 1.165) is 7.11 Å². The van der Waals surface area contributed by atoms with Crippen molar-refractivity contribution < 1.29 is 23.4 Å². The first kappa shape index (κ1) is 10.2. The van der Waals surface area contributed by atoms with Gasteiger partial charge >= 0.3 is 5.97 Å². The lowest BCUT2D eigenvalue weighted by atomic mass is 10.2. The molecule has 0 amide bonds. The lowest BCUT2D eigenvalue weighted by molar-refractivity contribution is -0.153.